The van der Waals surface area contributed by atoms with Gasteiger partial charge in [-0.3, -0.25) is 9.36 Å². The third kappa shape index (κ3) is 3.78. The van der Waals surface area contributed by atoms with Crippen LogP contribution in [0.4, 0.5) is 17.6 Å². The van der Waals surface area contributed by atoms with Crippen molar-refractivity contribution in [1.29, 1.82) is 0 Å². The van der Waals surface area contributed by atoms with E-state index < -0.39 is 40.4 Å². The van der Waals surface area contributed by atoms with E-state index in [2.05, 4.69) is 9.97 Å². The quantitative estimate of drug-likeness (QED) is 0.639. The molecule has 0 unspecified atom stereocenters. The van der Waals surface area contributed by atoms with Gasteiger partial charge in [-0.2, -0.15) is 18.2 Å². The van der Waals surface area contributed by atoms with Gasteiger partial charge >= 0.3 is 11.9 Å². The standard InChI is InChI=1S/C16H9ClF4N4O4/c1-24-12(16(19,20)21)4-13(27)25(15(24)28)9-3-11(7(17)2-8(9)18)29-14-10(26)5-22-6-23-14/h2-6,26H,1H3. The molecule has 0 aliphatic carbocycles. The number of alkyl halides is 3. The van der Waals surface area contributed by atoms with Crippen LogP contribution in [0.1, 0.15) is 5.69 Å². The summed E-state index contributed by atoms with van der Waals surface area (Å²) in [5.41, 5.74) is -5.07. The fourth-order valence-corrected chi connectivity index (χ4v) is 2.57. The van der Waals surface area contributed by atoms with Crippen LogP contribution in [-0.4, -0.2) is 24.2 Å². The third-order valence-corrected chi connectivity index (χ3v) is 4.01. The SMILES string of the molecule is Cn1c(C(F)(F)F)cc(=O)n(-c2cc(Oc3ncncc3O)c(Cl)cc2F)c1=O. The number of aromatic nitrogens is 4. The third-order valence-electron chi connectivity index (χ3n) is 3.72. The second-order valence-corrected chi connectivity index (χ2v) is 6.00. The molecule has 0 saturated heterocycles. The number of rotatable bonds is 3. The lowest BCUT2D eigenvalue weighted by atomic mass is 10.2. The molecular formula is C16H9ClF4N4O4. The zero-order valence-electron chi connectivity index (χ0n) is 14.2. The van der Waals surface area contributed by atoms with E-state index in [0.29, 0.717) is 6.07 Å². The summed E-state index contributed by atoms with van der Waals surface area (Å²) in [7, 11) is 0.783. The molecule has 29 heavy (non-hydrogen) atoms. The molecule has 152 valence electrons. The van der Waals surface area contributed by atoms with Gasteiger partial charge in [-0.05, 0) is 6.07 Å². The molecular weight excluding hydrogens is 424 g/mol. The zero-order chi connectivity index (χ0) is 21.5. The van der Waals surface area contributed by atoms with Crippen LogP contribution in [0.3, 0.4) is 0 Å². The molecule has 1 aromatic carbocycles. The van der Waals surface area contributed by atoms with Crippen LogP contribution in [0.2, 0.25) is 5.02 Å². The predicted molar refractivity (Wildman–Crippen MR) is 91.0 cm³/mol. The molecule has 0 atom stereocenters. The average molecular weight is 433 g/mol. The Kier molecular flexibility index (Phi) is 5.05. The number of benzene rings is 1. The summed E-state index contributed by atoms with van der Waals surface area (Å²) in [6.07, 6.45) is -2.94. The van der Waals surface area contributed by atoms with Crippen molar-refractivity contribution >= 4 is 11.6 Å². The number of halogens is 5. The van der Waals surface area contributed by atoms with Gasteiger partial charge in [0.25, 0.3) is 11.4 Å². The lowest BCUT2D eigenvalue weighted by molar-refractivity contribution is -0.144. The highest BCUT2D eigenvalue weighted by atomic mass is 35.5. The van der Waals surface area contributed by atoms with E-state index in [0.717, 1.165) is 25.6 Å². The van der Waals surface area contributed by atoms with Gasteiger partial charge in [0.05, 0.1) is 16.9 Å². The number of hydrogen-bond donors (Lipinski definition) is 1. The second kappa shape index (κ2) is 7.20. The van der Waals surface area contributed by atoms with Gasteiger partial charge in [0.2, 0.25) is 0 Å². The van der Waals surface area contributed by atoms with Crippen LogP contribution in [0.5, 0.6) is 17.4 Å². The Morgan fingerprint density at radius 2 is 1.90 bits per heavy atom. The van der Waals surface area contributed by atoms with Crippen LogP contribution in [0.15, 0.2) is 40.3 Å². The summed E-state index contributed by atoms with van der Waals surface area (Å²) < 4.78 is 58.9. The normalized spacial score (nSPS) is 11.5. The maximum Gasteiger partial charge on any atom is 0.431 e. The van der Waals surface area contributed by atoms with Crippen LogP contribution < -0.4 is 16.0 Å². The highest BCUT2D eigenvalue weighted by Crippen LogP contribution is 2.34. The number of ether oxygens (including phenoxy) is 1. The zero-order valence-corrected chi connectivity index (χ0v) is 15.0. The van der Waals surface area contributed by atoms with Gasteiger partial charge in [-0.25, -0.2) is 18.7 Å². The lowest BCUT2D eigenvalue weighted by Crippen LogP contribution is -2.41. The summed E-state index contributed by atoms with van der Waals surface area (Å²) in [5.74, 6) is -2.36. The topological polar surface area (TPSA) is 99.2 Å². The molecule has 2 aromatic heterocycles. The monoisotopic (exact) mass is 432 g/mol. The largest absolute Gasteiger partial charge is 0.502 e. The molecule has 0 saturated carbocycles. The van der Waals surface area contributed by atoms with Gasteiger partial charge in [0.1, 0.15) is 17.8 Å². The summed E-state index contributed by atoms with van der Waals surface area (Å²) in [6, 6.07) is 1.66. The summed E-state index contributed by atoms with van der Waals surface area (Å²) in [4.78, 5) is 31.7. The molecule has 0 aliphatic heterocycles. The van der Waals surface area contributed by atoms with E-state index in [1.165, 1.54) is 0 Å². The number of hydrogen-bond acceptors (Lipinski definition) is 6. The van der Waals surface area contributed by atoms with Crippen molar-refractivity contribution in [1.82, 2.24) is 19.1 Å². The summed E-state index contributed by atoms with van der Waals surface area (Å²) in [6.45, 7) is 0. The van der Waals surface area contributed by atoms with Gasteiger partial charge in [-0.1, -0.05) is 11.6 Å². The van der Waals surface area contributed by atoms with E-state index in [1.54, 1.807) is 0 Å². The van der Waals surface area contributed by atoms with Crippen LogP contribution >= 0.6 is 11.6 Å². The van der Waals surface area contributed by atoms with E-state index in [9.17, 15) is 32.3 Å². The first-order chi connectivity index (χ1) is 13.5. The van der Waals surface area contributed by atoms with Crippen LogP contribution in [0, 0.1) is 5.82 Å². The van der Waals surface area contributed by atoms with Crippen molar-refractivity contribution in [2.75, 3.05) is 0 Å². The molecule has 3 rings (SSSR count). The van der Waals surface area contributed by atoms with Crippen molar-refractivity contribution < 1.29 is 27.4 Å². The average Bonchev–Trinajstić information content (AvgIpc) is 2.62. The van der Waals surface area contributed by atoms with Crippen molar-refractivity contribution in [3.63, 3.8) is 0 Å². The molecule has 0 spiro atoms. The predicted octanol–water partition coefficient (Wildman–Crippen LogP) is 2.64. The maximum atomic E-state index is 14.4. The Balaban J connectivity index is 2.20. The smallest absolute Gasteiger partial charge is 0.431 e. The summed E-state index contributed by atoms with van der Waals surface area (Å²) >= 11 is 5.88. The van der Waals surface area contributed by atoms with Crippen molar-refractivity contribution in [3.8, 4) is 23.1 Å². The first-order valence-corrected chi connectivity index (χ1v) is 7.95. The molecule has 3 aromatic rings. The molecule has 13 heteroatoms. The van der Waals surface area contributed by atoms with Crippen LogP contribution in [-0.2, 0) is 13.2 Å². The molecule has 0 bridgehead atoms. The minimum absolute atomic E-state index is 0.159. The fraction of sp³-hybridized carbons (Fsp3) is 0.125. The van der Waals surface area contributed by atoms with E-state index in [4.69, 9.17) is 16.3 Å². The summed E-state index contributed by atoms with van der Waals surface area (Å²) in [5, 5.41) is 9.33. The highest BCUT2D eigenvalue weighted by molar-refractivity contribution is 6.32. The van der Waals surface area contributed by atoms with Gasteiger partial charge in [0, 0.05) is 19.2 Å². The molecule has 0 fully saturated rings. The van der Waals surface area contributed by atoms with Gasteiger partial charge < -0.3 is 9.84 Å². The fourth-order valence-electron chi connectivity index (χ4n) is 2.38. The highest BCUT2D eigenvalue weighted by Gasteiger charge is 2.35. The Morgan fingerprint density at radius 1 is 1.21 bits per heavy atom. The molecule has 2 heterocycles. The van der Waals surface area contributed by atoms with Crippen molar-refractivity contribution in [3.05, 3.63) is 68.1 Å². The molecule has 8 nitrogen and oxygen atoms in total. The van der Waals surface area contributed by atoms with Crippen LogP contribution in [0.25, 0.3) is 5.69 Å². The Morgan fingerprint density at radius 3 is 2.52 bits per heavy atom. The van der Waals surface area contributed by atoms with Crippen molar-refractivity contribution in [2.45, 2.75) is 6.18 Å². The van der Waals surface area contributed by atoms with E-state index >= 15 is 0 Å². The second-order valence-electron chi connectivity index (χ2n) is 5.59. The number of aromatic hydroxyl groups is 1. The Labute approximate surface area is 163 Å². The molecule has 0 amide bonds. The minimum Gasteiger partial charge on any atom is -0.502 e. The van der Waals surface area contributed by atoms with Crippen molar-refractivity contribution in [2.24, 2.45) is 7.05 Å². The number of nitrogens with zero attached hydrogens (tertiary/aromatic N) is 4. The van der Waals surface area contributed by atoms with Gasteiger partial charge in [0.15, 0.2) is 11.5 Å². The minimum atomic E-state index is -4.97. The Hall–Kier alpha value is -3.41. The molecule has 1 N–H and O–H groups in total. The first-order valence-electron chi connectivity index (χ1n) is 7.57. The molecule has 0 aliphatic rings. The van der Waals surface area contributed by atoms with E-state index in [-0.39, 0.29) is 31.9 Å². The van der Waals surface area contributed by atoms with Gasteiger partial charge in [-0.15, -0.1) is 0 Å². The lowest BCUT2D eigenvalue weighted by Gasteiger charge is -2.15. The Bertz CT molecular complexity index is 1220. The first kappa shape index (κ1) is 20.3. The van der Waals surface area contributed by atoms with E-state index in [1.807, 2.05) is 0 Å². The maximum absolute atomic E-state index is 14.4. The molecule has 0 radical (unpaired) electrons.